The number of aromatic nitrogens is 1. The van der Waals surface area contributed by atoms with E-state index < -0.39 is 5.95 Å². The minimum Gasteiger partial charge on any atom is -0.508 e. The quantitative estimate of drug-likeness (QED) is 0.578. The van der Waals surface area contributed by atoms with Crippen molar-refractivity contribution in [1.82, 2.24) is 4.98 Å². The van der Waals surface area contributed by atoms with Crippen molar-refractivity contribution in [2.45, 2.75) is 32.5 Å². The molecule has 0 radical (unpaired) electrons. The molecule has 3 rings (SSSR count). The van der Waals surface area contributed by atoms with Gasteiger partial charge < -0.3 is 24.6 Å². The molecule has 0 atom stereocenters. The van der Waals surface area contributed by atoms with E-state index in [1.54, 1.807) is 12.1 Å². The van der Waals surface area contributed by atoms with E-state index in [4.69, 9.17) is 37.4 Å². The number of halogens is 3. The first-order chi connectivity index (χ1) is 13.4. The summed E-state index contributed by atoms with van der Waals surface area (Å²) in [7, 11) is 0. The van der Waals surface area contributed by atoms with Gasteiger partial charge in [0.05, 0.1) is 13.2 Å². The number of rotatable bonds is 7. The van der Waals surface area contributed by atoms with E-state index in [0.717, 1.165) is 0 Å². The highest BCUT2D eigenvalue weighted by molar-refractivity contribution is 6.38. The summed E-state index contributed by atoms with van der Waals surface area (Å²) in [4.78, 5) is 3.76. The van der Waals surface area contributed by atoms with E-state index in [1.807, 2.05) is 13.8 Å². The molecule has 2 N–H and O–H groups in total. The Hall–Kier alpha value is -1.80. The Kier molecular flexibility index (Phi) is 6.82. The molecular formula is C19H21Cl2FN2O4. The van der Waals surface area contributed by atoms with Gasteiger partial charge in [0, 0.05) is 18.5 Å². The SMILES string of the molecule is CC(C)c1cc(Oc2c(Cl)c(F)nc(NCCC3OCCO3)c2Cl)ccc1O. The number of aromatic hydroxyl groups is 1. The van der Waals surface area contributed by atoms with Crippen LogP contribution in [-0.2, 0) is 9.47 Å². The Morgan fingerprint density at radius 3 is 2.68 bits per heavy atom. The van der Waals surface area contributed by atoms with Gasteiger partial charge in [0.1, 0.15) is 21.5 Å². The zero-order chi connectivity index (χ0) is 20.3. The molecule has 1 aliphatic rings. The minimum absolute atomic E-state index is 0.0490. The molecule has 9 heteroatoms. The Bertz CT molecular complexity index is 845. The number of anilines is 1. The molecule has 0 amide bonds. The highest BCUT2D eigenvalue weighted by Gasteiger charge is 2.21. The Labute approximate surface area is 172 Å². The van der Waals surface area contributed by atoms with Crippen LogP contribution in [0.15, 0.2) is 18.2 Å². The highest BCUT2D eigenvalue weighted by Crippen LogP contribution is 2.42. The number of phenolic OH excluding ortho intramolecular Hbond substituents is 1. The number of hydrogen-bond acceptors (Lipinski definition) is 6. The number of nitrogens with zero attached hydrogens (tertiary/aromatic N) is 1. The smallest absolute Gasteiger partial charge is 0.237 e. The first-order valence-corrected chi connectivity index (χ1v) is 9.64. The van der Waals surface area contributed by atoms with Crippen LogP contribution >= 0.6 is 23.2 Å². The van der Waals surface area contributed by atoms with Gasteiger partial charge in [-0.3, -0.25) is 0 Å². The molecule has 2 aromatic rings. The number of nitrogens with one attached hydrogen (secondary N) is 1. The predicted octanol–water partition coefficient (Wildman–Crippen LogP) is 5.32. The van der Waals surface area contributed by atoms with Crippen LogP contribution in [0.25, 0.3) is 0 Å². The van der Waals surface area contributed by atoms with E-state index in [9.17, 15) is 9.50 Å². The molecule has 152 valence electrons. The van der Waals surface area contributed by atoms with Gasteiger partial charge >= 0.3 is 0 Å². The fourth-order valence-electron chi connectivity index (χ4n) is 2.76. The maximum Gasteiger partial charge on any atom is 0.237 e. The summed E-state index contributed by atoms with van der Waals surface area (Å²) < 4.78 is 30.7. The molecule has 0 spiro atoms. The first-order valence-electron chi connectivity index (χ1n) is 8.89. The summed E-state index contributed by atoms with van der Waals surface area (Å²) in [6.07, 6.45) is 0.249. The van der Waals surface area contributed by atoms with Crippen LogP contribution in [0.2, 0.25) is 10.0 Å². The van der Waals surface area contributed by atoms with E-state index >= 15 is 0 Å². The molecule has 28 heavy (non-hydrogen) atoms. The summed E-state index contributed by atoms with van der Waals surface area (Å²) in [5.41, 5.74) is 0.689. The topological polar surface area (TPSA) is 72.8 Å². The largest absolute Gasteiger partial charge is 0.508 e. The first kappa shape index (κ1) is 20.9. The fourth-order valence-corrected chi connectivity index (χ4v) is 3.23. The molecule has 6 nitrogen and oxygen atoms in total. The maximum absolute atomic E-state index is 14.2. The predicted molar refractivity (Wildman–Crippen MR) is 105 cm³/mol. The molecule has 1 saturated heterocycles. The van der Waals surface area contributed by atoms with E-state index in [2.05, 4.69) is 10.3 Å². The number of phenols is 1. The lowest BCUT2D eigenvalue weighted by molar-refractivity contribution is -0.0439. The average Bonchev–Trinajstić information content (AvgIpc) is 3.17. The monoisotopic (exact) mass is 430 g/mol. The molecular weight excluding hydrogens is 410 g/mol. The van der Waals surface area contributed by atoms with Crippen LogP contribution in [0.3, 0.4) is 0 Å². The molecule has 2 heterocycles. The van der Waals surface area contributed by atoms with Crippen molar-refractivity contribution < 1.29 is 23.7 Å². The standard InChI is InChI=1S/C19H21Cl2FN2O4/c1-10(2)12-9-11(3-4-13(12)25)28-17-15(20)18(22)24-19(16(17)21)23-6-5-14-26-7-8-27-14/h3-4,9-10,14,25H,5-8H2,1-2H3,(H,23,24). The number of ether oxygens (including phenoxy) is 3. The summed E-state index contributed by atoms with van der Waals surface area (Å²) in [6, 6.07) is 4.71. The van der Waals surface area contributed by atoms with E-state index in [-0.39, 0.29) is 39.6 Å². The number of benzene rings is 1. The lowest BCUT2D eigenvalue weighted by Crippen LogP contribution is -2.15. The third-order valence-corrected chi connectivity index (χ3v) is 4.88. The lowest BCUT2D eigenvalue weighted by atomic mass is 10.0. The highest BCUT2D eigenvalue weighted by atomic mass is 35.5. The van der Waals surface area contributed by atoms with Crippen molar-refractivity contribution in [2.24, 2.45) is 0 Å². The summed E-state index contributed by atoms with van der Waals surface area (Å²) in [5.74, 6) is -0.249. The van der Waals surface area contributed by atoms with Crippen molar-refractivity contribution in [3.05, 3.63) is 39.8 Å². The van der Waals surface area contributed by atoms with E-state index in [1.165, 1.54) is 6.07 Å². The van der Waals surface area contributed by atoms with Gasteiger partial charge in [-0.1, -0.05) is 37.0 Å². The van der Waals surface area contributed by atoms with Gasteiger partial charge in [-0.15, -0.1) is 0 Å². The van der Waals surface area contributed by atoms with Crippen LogP contribution in [0.1, 0.15) is 31.7 Å². The normalized spacial score (nSPS) is 14.6. The van der Waals surface area contributed by atoms with Gasteiger partial charge in [0.2, 0.25) is 5.95 Å². The second-order valence-corrected chi connectivity index (χ2v) is 7.33. The van der Waals surface area contributed by atoms with E-state index in [0.29, 0.717) is 37.5 Å². The van der Waals surface area contributed by atoms with Gasteiger partial charge in [-0.2, -0.15) is 9.37 Å². The molecule has 1 aromatic heterocycles. The van der Waals surface area contributed by atoms with Gasteiger partial charge in [-0.25, -0.2) is 0 Å². The molecule has 1 aliphatic heterocycles. The average molecular weight is 431 g/mol. The maximum atomic E-state index is 14.2. The second kappa shape index (κ2) is 9.13. The van der Waals surface area contributed by atoms with Gasteiger partial charge in [0.15, 0.2) is 17.9 Å². The molecule has 1 aromatic carbocycles. The van der Waals surface area contributed by atoms with Crippen molar-refractivity contribution in [1.29, 1.82) is 0 Å². The third-order valence-electron chi connectivity index (χ3n) is 4.20. The van der Waals surface area contributed by atoms with Crippen LogP contribution in [-0.4, -0.2) is 36.1 Å². The summed E-state index contributed by atoms with van der Waals surface area (Å²) in [5, 5.41) is 12.6. The number of hydrogen-bond donors (Lipinski definition) is 2. The van der Waals surface area contributed by atoms with Crippen LogP contribution in [0.5, 0.6) is 17.2 Å². The van der Waals surface area contributed by atoms with Crippen molar-refractivity contribution in [3.8, 4) is 17.2 Å². The molecule has 0 unspecified atom stereocenters. The van der Waals surface area contributed by atoms with Crippen molar-refractivity contribution in [3.63, 3.8) is 0 Å². The fraction of sp³-hybridized carbons (Fsp3) is 0.421. The lowest BCUT2D eigenvalue weighted by Gasteiger charge is -2.16. The van der Waals surface area contributed by atoms with Crippen LogP contribution in [0.4, 0.5) is 10.2 Å². The summed E-state index contributed by atoms with van der Waals surface area (Å²) in [6.45, 7) is 5.40. The Morgan fingerprint density at radius 2 is 2.00 bits per heavy atom. The minimum atomic E-state index is -0.903. The molecule has 0 saturated carbocycles. The second-order valence-electron chi connectivity index (χ2n) is 6.57. The van der Waals surface area contributed by atoms with Gasteiger partial charge in [-0.05, 0) is 24.1 Å². The van der Waals surface area contributed by atoms with Crippen LogP contribution in [0, 0.1) is 5.95 Å². The van der Waals surface area contributed by atoms with Gasteiger partial charge in [0.25, 0.3) is 0 Å². The number of pyridine rings is 1. The summed E-state index contributed by atoms with van der Waals surface area (Å²) >= 11 is 12.4. The zero-order valence-electron chi connectivity index (χ0n) is 15.5. The Balaban J connectivity index is 1.80. The van der Waals surface area contributed by atoms with Crippen molar-refractivity contribution in [2.75, 3.05) is 25.1 Å². The third kappa shape index (κ3) is 4.78. The molecule has 1 fully saturated rings. The Morgan fingerprint density at radius 1 is 1.29 bits per heavy atom. The van der Waals surface area contributed by atoms with Crippen LogP contribution < -0.4 is 10.1 Å². The molecule has 0 aliphatic carbocycles. The molecule has 0 bridgehead atoms. The van der Waals surface area contributed by atoms with Crippen molar-refractivity contribution >= 4 is 29.0 Å². The zero-order valence-corrected chi connectivity index (χ0v) is 17.0.